The molecule has 0 aliphatic carbocycles. The number of carbonyl (C=O) groups excluding carboxylic acids is 1. The van der Waals surface area contributed by atoms with Crippen molar-refractivity contribution in [3.8, 4) is 0 Å². The molecule has 7 heteroatoms. The van der Waals surface area contributed by atoms with E-state index in [1.165, 1.54) is 22.5 Å². The molecule has 0 saturated carbocycles. The van der Waals surface area contributed by atoms with E-state index in [-0.39, 0.29) is 16.9 Å². The second-order valence-corrected chi connectivity index (χ2v) is 7.60. The molecule has 5 nitrogen and oxygen atoms in total. The molecular formula is C17H14ClNO4S. The van der Waals surface area contributed by atoms with E-state index >= 15 is 0 Å². The Bertz CT molecular complexity index is 850. The second kappa shape index (κ2) is 6.37. The summed E-state index contributed by atoms with van der Waals surface area (Å²) in [4.78, 5) is 23.9. The lowest BCUT2D eigenvalue weighted by atomic mass is 9.98. The van der Waals surface area contributed by atoms with Gasteiger partial charge >= 0.3 is 5.97 Å². The molecule has 0 bridgehead atoms. The molecule has 0 aromatic heterocycles. The first-order valence-corrected chi connectivity index (χ1v) is 8.73. The van der Waals surface area contributed by atoms with Crippen molar-refractivity contribution >= 4 is 40.0 Å². The molecule has 1 aliphatic rings. The Morgan fingerprint density at radius 3 is 2.54 bits per heavy atom. The van der Waals surface area contributed by atoms with Crippen molar-refractivity contribution in [2.45, 2.75) is 11.7 Å². The number of carbonyl (C=O) groups is 2. The summed E-state index contributed by atoms with van der Waals surface area (Å²) < 4.78 is 14.2. The number of hydrogen-bond acceptors (Lipinski definition) is 3. The lowest BCUT2D eigenvalue weighted by Crippen LogP contribution is -2.42. The summed E-state index contributed by atoms with van der Waals surface area (Å²) in [5.41, 5.74) is 1.65. The van der Waals surface area contributed by atoms with Gasteiger partial charge in [0.1, 0.15) is 16.2 Å². The number of nitrogens with zero attached hydrogens (tertiary/aromatic N) is 1. The van der Waals surface area contributed by atoms with Gasteiger partial charge in [-0.15, -0.1) is 0 Å². The van der Waals surface area contributed by atoms with Gasteiger partial charge in [-0.05, 0) is 42.3 Å². The first-order chi connectivity index (χ1) is 11.4. The van der Waals surface area contributed by atoms with Crippen LogP contribution in [-0.4, -0.2) is 33.4 Å². The van der Waals surface area contributed by atoms with E-state index in [1.54, 1.807) is 31.3 Å². The number of hydrogen-bond donors (Lipinski definition) is 1. The minimum Gasteiger partial charge on any atom is -0.478 e. The van der Waals surface area contributed by atoms with Crippen LogP contribution in [0.3, 0.4) is 0 Å². The van der Waals surface area contributed by atoms with E-state index in [4.69, 9.17) is 16.7 Å². The van der Waals surface area contributed by atoms with Crippen molar-refractivity contribution in [3.63, 3.8) is 0 Å². The maximum atomic E-state index is 12.8. The average Bonchev–Trinajstić information content (AvgIpc) is 2.58. The van der Waals surface area contributed by atoms with E-state index < -0.39 is 22.2 Å². The van der Waals surface area contributed by atoms with Crippen LogP contribution in [0.25, 0.3) is 0 Å². The molecule has 1 N–H and O–H groups in total. The van der Waals surface area contributed by atoms with Gasteiger partial charge < -0.3 is 5.11 Å². The van der Waals surface area contributed by atoms with Gasteiger partial charge in [-0.1, -0.05) is 23.7 Å². The van der Waals surface area contributed by atoms with E-state index in [0.717, 1.165) is 5.56 Å². The van der Waals surface area contributed by atoms with Crippen LogP contribution in [-0.2, 0) is 17.4 Å². The number of anilines is 1. The van der Waals surface area contributed by atoms with E-state index in [0.29, 0.717) is 17.1 Å². The number of aromatic carboxylic acids is 1. The van der Waals surface area contributed by atoms with Gasteiger partial charge in [0.05, 0.1) is 11.3 Å². The summed E-state index contributed by atoms with van der Waals surface area (Å²) in [6.07, 6.45) is 0.295. The fraction of sp³-hybridized carbons (Fsp3) is 0.176. The number of ketones is 1. The smallest absolute Gasteiger partial charge is 0.335 e. The summed E-state index contributed by atoms with van der Waals surface area (Å²) in [6, 6.07) is 11.3. The topological polar surface area (TPSA) is 74.7 Å². The molecule has 2 unspecified atom stereocenters. The highest BCUT2D eigenvalue weighted by Gasteiger charge is 2.37. The number of benzene rings is 2. The molecule has 1 aliphatic heterocycles. The highest BCUT2D eigenvalue weighted by molar-refractivity contribution is 7.88. The third-order valence-electron chi connectivity index (χ3n) is 3.99. The lowest BCUT2D eigenvalue weighted by molar-refractivity contribution is 0.0697. The van der Waals surface area contributed by atoms with Gasteiger partial charge in [-0.2, -0.15) is 0 Å². The first kappa shape index (κ1) is 16.7. The van der Waals surface area contributed by atoms with Crippen LogP contribution in [0.1, 0.15) is 26.3 Å². The quantitative estimate of drug-likeness (QED) is 0.909. The number of halogens is 1. The number of rotatable bonds is 3. The SMILES string of the molecule is CN1c2ccc(C(=O)O)cc2C(=O)C(Cc2ccc(Cl)cc2)S1=O. The van der Waals surface area contributed by atoms with Crippen molar-refractivity contribution in [1.82, 2.24) is 0 Å². The minimum absolute atomic E-state index is 0.0356. The molecule has 124 valence electrons. The summed E-state index contributed by atoms with van der Waals surface area (Å²) >= 11 is 5.86. The van der Waals surface area contributed by atoms with Gasteiger partial charge in [0.2, 0.25) is 0 Å². The average molecular weight is 364 g/mol. The van der Waals surface area contributed by atoms with Crippen molar-refractivity contribution in [2.24, 2.45) is 0 Å². The van der Waals surface area contributed by atoms with Crippen LogP contribution in [0.4, 0.5) is 5.69 Å². The predicted octanol–water partition coefficient (Wildman–Crippen LogP) is 2.95. The van der Waals surface area contributed by atoms with E-state index in [2.05, 4.69) is 0 Å². The molecule has 0 spiro atoms. The van der Waals surface area contributed by atoms with Crippen LogP contribution >= 0.6 is 11.6 Å². The van der Waals surface area contributed by atoms with Crippen LogP contribution in [0.5, 0.6) is 0 Å². The Hall–Kier alpha value is -2.18. The van der Waals surface area contributed by atoms with Crippen molar-refractivity contribution in [3.05, 3.63) is 64.2 Å². The van der Waals surface area contributed by atoms with E-state index in [1.807, 2.05) is 0 Å². The van der Waals surface area contributed by atoms with Crippen LogP contribution in [0, 0.1) is 0 Å². The van der Waals surface area contributed by atoms with Crippen LogP contribution < -0.4 is 4.31 Å². The van der Waals surface area contributed by atoms with Gasteiger partial charge in [-0.3, -0.25) is 9.10 Å². The fourth-order valence-electron chi connectivity index (χ4n) is 2.69. The molecular weight excluding hydrogens is 350 g/mol. The molecule has 2 atom stereocenters. The second-order valence-electron chi connectivity index (χ2n) is 5.49. The standard InChI is InChI=1S/C17H14ClNO4S/c1-19-14-7-4-11(17(21)22)9-13(14)16(20)15(24(19)23)8-10-2-5-12(18)6-3-10/h2-7,9,15H,8H2,1H3,(H,21,22). The van der Waals surface area contributed by atoms with Gasteiger partial charge in [0.15, 0.2) is 5.78 Å². The van der Waals surface area contributed by atoms with Crippen molar-refractivity contribution < 1.29 is 18.9 Å². The first-order valence-electron chi connectivity index (χ1n) is 7.19. The molecule has 2 aromatic rings. The monoisotopic (exact) mass is 363 g/mol. The van der Waals surface area contributed by atoms with Gasteiger partial charge in [-0.25, -0.2) is 9.00 Å². The van der Waals surface area contributed by atoms with Gasteiger partial charge in [0, 0.05) is 17.6 Å². The van der Waals surface area contributed by atoms with Crippen molar-refractivity contribution in [2.75, 3.05) is 11.4 Å². The maximum absolute atomic E-state index is 12.8. The highest BCUT2D eigenvalue weighted by Crippen LogP contribution is 2.32. The molecule has 3 rings (SSSR count). The molecule has 2 aromatic carbocycles. The third kappa shape index (κ3) is 2.95. The van der Waals surface area contributed by atoms with Gasteiger partial charge in [0.25, 0.3) is 0 Å². The molecule has 1 heterocycles. The zero-order chi connectivity index (χ0) is 17.4. The molecule has 0 saturated heterocycles. The molecule has 0 amide bonds. The Kier molecular flexibility index (Phi) is 4.43. The number of Topliss-reactive ketones (excluding diaryl/α,β-unsaturated/α-hetero) is 1. The predicted molar refractivity (Wildman–Crippen MR) is 93.2 cm³/mol. The zero-order valence-electron chi connectivity index (χ0n) is 12.7. The summed E-state index contributed by atoms with van der Waals surface area (Å²) in [7, 11) is 0.102. The van der Waals surface area contributed by atoms with Crippen molar-refractivity contribution in [1.29, 1.82) is 0 Å². The normalized spacial score (nSPS) is 19.9. The fourth-order valence-corrected chi connectivity index (χ4v) is 4.20. The molecule has 0 fully saturated rings. The Morgan fingerprint density at radius 1 is 1.25 bits per heavy atom. The summed E-state index contributed by atoms with van der Waals surface area (Å²) in [5, 5.41) is 8.95. The third-order valence-corrected chi connectivity index (χ3v) is 5.84. The summed E-state index contributed by atoms with van der Waals surface area (Å²) in [6.45, 7) is 0. The number of carboxylic acid groups (broad SMARTS) is 1. The number of fused-ring (bicyclic) bond motifs is 1. The lowest BCUT2D eigenvalue weighted by Gasteiger charge is -2.31. The zero-order valence-corrected chi connectivity index (χ0v) is 14.3. The largest absolute Gasteiger partial charge is 0.478 e. The molecule has 24 heavy (non-hydrogen) atoms. The highest BCUT2D eigenvalue weighted by atomic mass is 35.5. The Morgan fingerprint density at radius 2 is 1.92 bits per heavy atom. The summed E-state index contributed by atoms with van der Waals surface area (Å²) in [5.74, 6) is -1.41. The van der Waals surface area contributed by atoms with Crippen LogP contribution in [0.15, 0.2) is 42.5 Å². The Labute approximate surface area is 146 Å². The molecule has 0 radical (unpaired) electrons. The van der Waals surface area contributed by atoms with E-state index in [9.17, 15) is 13.8 Å². The Balaban J connectivity index is 1.99. The number of carboxylic acids is 1. The van der Waals surface area contributed by atoms with Crippen LogP contribution in [0.2, 0.25) is 5.02 Å². The minimum atomic E-state index is -1.53. The maximum Gasteiger partial charge on any atom is 0.335 e.